The summed E-state index contributed by atoms with van der Waals surface area (Å²) in [4.78, 5) is 12.1. The predicted octanol–water partition coefficient (Wildman–Crippen LogP) is 3.35. The summed E-state index contributed by atoms with van der Waals surface area (Å²) in [7, 11) is 1.46. The van der Waals surface area contributed by atoms with E-state index in [0.29, 0.717) is 29.0 Å². The van der Waals surface area contributed by atoms with Crippen LogP contribution in [0.5, 0.6) is 17.2 Å². The van der Waals surface area contributed by atoms with Crippen LogP contribution < -0.4 is 9.47 Å². The number of hydrogen-bond acceptors (Lipinski definition) is 5. The molecular formula is C19H26O5. The topological polar surface area (TPSA) is 76.0 Å². The first-order valence-corrected chi connectivity index (χ1v) is 8.11. The number of benzene rings is 1. The van der Waals surface area contributed by atoms with Gasteiger partial charge >= 0.3 is 0 Å². The maximum atomic E-state index is 12.1. The van der Waals surface area contributed by atoms with E-state index in [1.54, 1.807) is 19.9 Å². The molecule has 0 saturated carbocycles. The molecule has 1 unspecified atom stereocenters. The highest BCUT2D eigenvalue weighted by Crippen LogP contribution is 2.49. The Morgan fingerprint density at radius 3 is 2.50 bits per heavy atom. The molecule has 5 heteroatoms. The third-order valence-electron chi connectivity index (χ3n) is 4.15. The lowest BCUT2D eigenvalue weighted by Gasteiger charge is -2.24. The molecule has 0 spiro atoms. The molecule has 24 heavy (non-hydrogen) atoms. The minimum atomic E-state index is -1.06. The number of allylic oxidation sites excluding steroid dienone is 1. The fourth-order valence-electron chi connectivity index (χ4n) is 2.84. The Morgan fingerprint density at radius 2 is 2.04 bits per heavy atom. The van der Waals surface area contributed by atoms with Crippen molar-refractivity contribution in [2.75, 3.05) is 7.11 Å². The lowest BCUT2D eigenvalue weighted by Crippen LogP contribution is -2.39. The molecule has 0 fully saturated rings. The van der Waals surface area contributed by atoms with Gasteiger partial charge < -0.3 is 19.7 Å². The lowest BCUT2D eigenvalue weighted by atomic mass is 9.93. The van der Waals surface area contributed by atoms with Crippen LogP contribution in [-0.4, -0.2) is 34.8 Å². The second kappa shape index (κ2) is 6.48. The molecule has 132 valence electrons. The van der Waals surface area contributed by atoms with Crippen molar-refractivity contribution in [3.63, 3.8) is 0 Å². The van der Waals surface area contributed by atoms with Crippen LogP contribution in [0.1, 0.15) is 56.1 Å². The normalized spacial score (nSPS) is 17.2. The monoisotopic (exact) mass is 334 g/mol. The van der Waals surface area contributed by atoms with Crippen LogP contribution in [0, 0.1) is 5.92 Å². The zero-order valence-electron chi connectivity index (χ0n) is 15.1. The van der Waals surface area contributed by atoms with E-state index in [1.807, 2.05) is 19.9 Å². The summed E-state index contributed by atoms with van der Waals surface area (Å²) in [6.07, 6.45) is 3.61. The number of carbonyl (C=O) groups excluding carboxylic acids is 1. The molecule has 1 aliphatic heterocycles. The van der Waals surface area contributed by atoms with Crippen LogP contribution >= 0.6 is 0 Å². The predicted molar refractivity (Wildman–Crippen MR) is 93.0 cm³/mol. The number of methoxy groups -OCH3 is 1. The Hall–Kier alpha value is -2.01. The summed E-state index contributed by atoms with van der Waals surface area (Å²) in [5, 5.41) is 20.9. The van der Waals surface area contributed by atoms with Gasteiger partial charge in [-0.25, -0.2) is 0 Å². The number of fused-ring (bicyclic) bond motifs is 1. The number of phenols is 1. The van der Waals surface area contributed by atoms with Crippen LogP contribution in [-0.2, 0) is 6.42 Å². The van der Waals surface area contributed by atoms with Crippen molar-refractivity contribution in [1.29, 1.82) is 0 Å². The highest BCUT2D eigenvalue weighted by atomic mass is 16.5. The second-order valence-corrected chi connectivity index (χ2v) is 7.10. The van der Waals surface area contributed by atoms with E-state index in [4.69, 9.17) is 9.47 Å². The molecule has 1 heterocycles. The molecule has 2 N–H and O–H groups in total. The van der Waals surface area contributed by atoms with Crippen LogP contribution in [0.15, 0.2) is 6.08 Å². The smallest absolute Gasteiger partial charge is 0.167 e. The van der Waals surface area contributed by atoms with E-state index in [1.165, 1.54) is 14.0 Å². The molecule has 5 nitrogen and oxygen atoms in total. The maximum absolute atomic E-state index is 12.1. The molecule has 0 aliphatic carbocycles. The third-order valence-corrected chi connectivity index (χ3v) is 4.15. The molecule has 1 atom stereocenters. The van der Waals surface area contributed by atoms with Crippen LogP contribution in [0.25, 0.3) is 6.08 Å². The standard InChI is InChI=1S/C19H26O5/c1-10(2)7-8-12-16(21)15(11(3)20)18(23-6)13-9-14(19(4,5)22)24-17(12)13/h7-8,10,14,21-22H,9H2,1-6H3. The number of ether oxygens (including phenoxy) is 2. The summed E-state index contributed by atoms with van der Waals surface area (Å²) < 4.78 is 11.3. The quantitative estimate of drug-likeness (QED) is 0.808. The van der Waals surface area contributed by atoms with E-state index in [-0.39, 0.29) is 23.0 Å². The summed E-state index contributed by atoms with van der Waals surface area (Å²) in [5.74, 6) is 0.640. The average Bonchev–Trinajstić information content (AvgIpc) is 2.89. The van der Waals surface area contributed by atoms with E-state index in [9.17, 15) is 15.0 Å². The molecular weight excluding hydrogens is 308 g/mol. The molecule has 2 rings (SSSR count). The van der Waals surface area contributed by atoms with Gasteiger partial charge in [0, 0.05) is 12.0 Å². The van der Waals surface area contributed by atoms with Gasteiger partial charge in [-0.2, -0.15) is 0 Å². The Balaban J connectivity index is 2.72. The van der Waals surface area contributed by atoms with Crippen molar-refractivity contribution in [2.45, 2.75) is 52.7 Å². The molecule has 0 bridgehead atoms. The van der Waals surface area contributed by atoms with E-state index in [2.05, 4.69) is 0 Å². The fourth-order valence-corrected chi connectivity index (χ4v) is 2.84. The number of aliphatic hydroxyl groups is 1. The molecule has 0 aromatic heterocycles. The van der Waals surface area contributed by atoms with Gasteiger partial charge in [0.05, 0.1) is 18.3 Å². The minimum absolute atomic E-state index is 0.147. The first-order valence-electron chi connectivity index (χ1n) is 8.11. The number of phenolic OH excluding ortho intramolecular Hbond substituents is 1. The van der Waals surface area contributed by atoms with Gasteiger partial charge in [0.1, 0.15) is 28.9 Å². The van der Waals surface area contributed by atoms with E-state index in [0.717, 1.165) is 0 Å². The van der Waals surface area contributed by atoms with Crippen molar-refractivity contribution in [2.24, 2.45) is 5.92 Å². The largest absolute Gasteiger partial charge is 0.506 e. The van der Waals surface area contributed by atoms with Crippen molar-refractivity contribution < 1.29 is 24.5 Å². The highest BCUT2D eigenvalue weighted by molar-refractivity contribution is 6.02. The SMILES string of the molecule is COc1c2c(c(C=CC(C)C)c(O)c1C(C)=O)OC(C(C)(C)O)C2. The van der Waals surface area contributed by atoms with Gasteiger partial charge in [0.25, 0.3) is 0 Å². The van der Waals surface area contributed by atoms with Crippen molar-refractivity contribution in [3.05, 3.63) is 22.8 Å². The van der Waals surface area contributed by atoms with Gasteiger partial charge in [0.2, 0.25) is 0 Å². The van der Waals surface area contributed by atoms with Crippen molar-refractivity contribution >= 4 is 11.9 Å². The first-order chi connectivity index (χ1) is 11.1. The van der Waals surface area contributed by atoms with Gasteiger partial charge in [-0.1, -0.05) is 26.0 Å². The van der Waals surface area contributed by atoms with Crippen LogP contribution in [0.2, 0.25) is 0 Å². The lowest BCUT2D eigenvalue weighted by molar-refractivity contribution is -0.0230. The summed E-state index contributed by atoms with van der Waals surface area (Å²) in [6, 6.07) is 0. The number of Topliss-reactive ketones (excluding diaryl/α,β-unsaturated/α-hetero) is 1. The van der Waals surface area contributed by atoms with Crippen molar-refractivity contribution in [1.82, 2.24) is 0 Å². The Labute approximate surface area is 142 Å². The number of carbonyl (C=O) groups is 1. The summed E-state index contributed by atoms with van der Waals surface area (Å²) in [5.41, 5.74) is 0.252. The molecule has 0 saturated heterocycles. The number of ketones is 1. The summed E-state index contributed by atoms with van der Waals surface area (Å²) in [6.45, 7) is 8.77. The number of hydrogen-bond donors (Lipinski definition) is 2. The van der Waals surface area contributed by atoms with E-state index < -0.39 is 11.7 Å². The molecule has 0 radical (unpaired) electrons. The van der Waals surface area contributed by atoms with Crippen LogP contribution in [0.3, 0.4) is 0 Å². The summed E-state index contributed by atoms with van der Waals surface area (Å²) >= 11 is 0. The van der Waals surface area contributed by atoms with Crippen molar-refractivity contribution in [3.8, 4) is 17.2 Å². The molecule has 1 aromatic carbocycles. The van der Waals surface area contributed by atoms with Gasteiger partial charge in [0.15, 0.2) is 5.78 Å². The number of rotatable bonds is 5. The van der Waals surface area contributed by atoms with Gasteiger partial charge in [-0.05, 0) is 26.7 Å². The van der Waals surface area contributed by atoms with E-state index >= 15 is 0 Å². The third kappa shape index (κ3) is 3.26. The zero-order chi connectivity index (χ0) is 18.2. The zero-order valence-corrected chi connectivity index (χ0v) is 15.1. The minimum Gasteiger partial charge on any atom is -0.506 e. The maximum Gasteiger partial charge on any atom is 0.167 e. The Kier molecular flexibility index (Phi) is 4.95. The number of aromatic hydroxyl groups is 1. The highest BCUT2D eigenvalue weighted by Gasteiger charge is 2.40. The molecule has 1 aliphatic rings. The van der Waals surface area contributed by atoms with Gasteiger partial charge in [-0.3, -0.25) is 4.79 Å². The Morgan fingerprint density at radius 1 is 1.42 bits per heavy atom. The molecule has 0 amide bonds. The second-order valence-electron chi connectivity index (χ2n) is 7.10. The average molecular weight is 334 g/mol. The Bertz CT molecular complexity index is 680. The van der Waals surface area contributed by atoms with Crippen LogP contribution in [0.4, 0.5) is 0 Å². The van der Waals surface area contributed by atoms with Gasteiger partial charge in [-0.15, -0.1) is 0 Å². The first kappa shape index (κ1) is 18.3. The fraction of sp³-hybridized carbons (Fsp3) is 0.526. The molecule has 1 aromatic rings.